The molecule has 330 valence electrons. The highest BCUT2D eigenvalue weighted by molar-refractivity contribution is 5.88. The minimum absolute atomic E-state index is 0.545. The number of hydrogen-bond donors (Lipinski definition) is 0. The second-order valence-corrected chi connectivity index (χ2v) is 16.9. The second-order valence-electron chi connectivity index (χ2n) is 16.9. The highest BCUT2D eigenvalue weighted by atomic mass is 15.1. The zero-order valence-corrected chi connectivity index (χ0v) is 37.5. The molecule has 0 radical (unpaired) electrons. The largest absolute Gasteiger partial charge is 0.292 e. The van der Waals surface area contributed by atoms with Crippen LogP contribution in [0.2, 0.25) is 0 Å². The first-order chi connectivity index (χ1) is 34.7. The van der Waals surface area contributed by atoms with Crippen LogP contribution in [-0.4, -0.2) is 53.6 Å². The zero-order chi connectivity index (χ0) is 46.4. The summed E-state index contributed by atoms with van der Waals surface area (Å²) in [6, 6.07) is 57.5. The Morgan fingerprint density at radius 2 is 0.686 bits per heavy atom. The van der Waals surface area contributed by atoms with Gasteiger partial charge in [-0.2, -0.15) is 0 Å². The molecule has 0 saturated heterocycles. The molecule has 70 heavy (non-hydrogen) atoms. The summed E-state index contributed by atoms with van der Waals surface area (Å²) in [4.78, 5) is 39.3. The number of aromatic nitrogens is 11. The van der Waals surface area contributed by atoms with E-state index in [0.29, 0.717) is 17.5 Å². The molecule has 6 aromatic carbocycles. The van der Waals surface area contributed by atoms with Crippen molar-refractivity contribution in [3.05, 3.63) is 225 Å². The van der Waals surface area contributed by atoms with Gasteiger partial charge in [-0.25, -0.2) is 29.9 Å². The topological polar surface area (TPSA) is 118 Å². The van der Waals surface area contributed by atoms with Crippen LogP contribution in [-0.2, 0) is 0 Å². The van der Waals surface area contributed by atoms with Crippen LogP contribution in [0.1, 0.15) is 6.42 Å². The number of hydrogen-bond acceptors (Lipinski definition) is 8. The van der Waals surface area contributed by atoms with Gasteiger partial charge in [-0.15, -0.1) is 0 Å². The molecule has 11 heteroatoms. The molecule has 1 aliphatic rings. The van der Waals surface area contributed by atoms with E-state index < -0.39 is 0 Å². The predicted octanol–water partition coefficient (Wildman–Crippen LogP) is 13.0. The summed E-state index contributed by atoms with van der Waals surface area (Å²) in [6.07, 6.45) is 18.8. The lowest BCUT2D eigenvalue weighted by Crippen LogP contribution is -2.01. The Labute approximate surface area is 401 Å². The first kappa shape index (κ1) is 40.5. The molecule has 6 heterocycles. The fraction of sp³-hybridized carbons (Fsp3) is 0.0169. The van der Waals surface area contributed by atoms with E-state index in [1.54, 1.807) is 24.8 Å². The summed E-state index contributed by atoms with van der Waals surface area (Å²) in [5.41, 5.74) is 14.2. The number of pyridine rings is 2. The fourth-order valence-corrected chi connectivity index (χ4v) is 9.21. The third-order valence-corrected chi connectivity index (χ3v) is 12.6. The highest BCUT2D eigenvalue weighted by Gasteiger charge is 2.20. The van der Waals surface area contributed by atoms with E-state index in [1.807, 2.05) is 66.7 Å². The molecule has 6 aromatic heterocycles. The molecule has 11 nitrogen and oxygen atoms in total. The quantitative estimate of drug-likeness (QED) is 0.141. The normalized spacial score (nSPS) is 12.5. The molecule has 1 aliphatic carbocycles. The SMILES string of the molecule is C1=CCC=CC(n2c(-c3ccc(-c4nc(-c5ccc(-c6nc7ccccc7n6-c6ccncc6)cc5)nc(-c5ccc(-c6nc7ccccc7n6-c6ccncc6)cc5)n4)cc3)nc3ccccc32)=C1. The van der Waals surface area contributed by atoms with Gasteiger partial charge in [0.1, 0.15) is 17.5 Å². The number of imidazole rings is 3. The van der Waals surface area contributed by atoms with Gasteiger partial charge in [0.05, 0.1) is 44.5 Å². The number of benzene rings is 6. The average Bonchev–Trinajstić information content (AvgIpc) is 4.07. The molecule has 0 atom stereocenters. The summed E-state index contributed by atoms with van der Waals surface area (Å²) in [5, 5.41) is 0. The summed E-state index contributed by atoms with van der Waals surface area (Å²) in [7, 11) is 0. The Hall–Kier alpha value is -9.74. The highest BCUT2D eigenvalue weighted by Crippen LogP contribution is 2.35. The molecule has 13 rings (SSSR count). The molecule has 0 amide bonds. The zero-order valence-electron chi connectivity index (χ0n) is 37.5. The maximum atomic E-state index is 5.16. The van der Waals surface area contributed by atoms with Gasteiger partial charge in [0.15, 0.2) is 17.5 Å². The standard InChI is InChI=1S/C59H39N11/c1-2-4-12-45(11-3-1)68-51-16-8-5-13-48(51)62-57(68)42-25-19-39(20-26-42)54-65-55(40-21-27-43(28-22-40)58-63-49-14-6-9-17-52(49)69(58)46-31-35-60-36-32-46)67-56(66-54)41-23-29-44(30-24-41)59-64-50-15-7-10-18-53(50)70(59)47-33-37-61-38-34-47/h1,3-38H,2H2. The summed E-state index contributed by atoms with van der Waals surface area (Å²) in [5.74, 6) is 4.14. The lowest BCUT2D eigenvalue weighted by Gasteiger charge is -2.12. The van der Waals surface area contributed by atoms with E-state index in [-0.39, 0.29) is 0 Å². The predicted molar refractivity (Wildman–Crippen MR) is 278 cm³/mol. The van der Waals surface area contributed by atoms with E-state index >= 15 is 0 Å². The van der Waals surface area contributed by atoms with E-state index in [4.69, 9.17) is 29.9 Å². The number of rotatable bonds is 9. The molecular formula is C59H39N11. The van der Waals surface area contributed by atoms with Crippen molar-refractivity contribution < 1.29 is 0 Å². The van der Waals surface area contributed by atoms with Crippen molar-refractivity contribution in [2.24, 2.45) is 0 Å². The number of nitrogens with zero attached hydrogens (tertiary/aromatic N) is 11. The molecule has 0 saturated carbocycles. The lowest BCUT2D eigenvalue weighted by atomic mass is 10.1. The van der Waals surface area contributed by atoms with Gasteiger partial charge in [-0.3, -0.25) is 23.7 Å². The van der Waals surface area contributed by atoms with Crippen molar-refractivity contribution in [2.45, 2.75) is 6.42 Å². The van der Waals surface area contributed by atoms with Crippen LogP contribution in [0.15, 0.2) is 225 Å². The van der Waals surface area contributed by atoms with Gasteiger partial charge in [-0.05, 0) is 79.2 Å². The van der Waals surface area contributed by atoms with E-state index in [2.05, 4.69) is 157 Å². The van der Waals surface area contributed by atoms with Crippen LogP contribution in [0.3, 0.4) is 0 Å². The molecule has 0 bridgehead atoms. The molecule has 0 spiro atoms. The maximum absolute atomic E-state index is 5.16. The van der Waals surface area contributed by atoms with Crippen LogP contribution in [0.4, 0.5) is 0 Å². The van der Waals surface area contributed by atoms with Crippen LogP contribution in [0.25, 0.3) is 118 Å². The van der Waals surface area contributed by atoms with E-state index in [9.17, 15) is 0 Å². The summed E-state index contributed by atoms with van der Waals surface area (Å²) in [6.45, 7) is 0. The third kappa shape index (κ3) is 7.26. The smallest absolute Gasteiger partial charge is 0.164 e. The summed E-state index contributed by atoms with van der Waals surface area (Å²) < 4.78 is 6.56. The van der Waals surface area contributed by atoms with Gasteiger partial charge in [0.2, 0.25) is 0 Å². The first-order valence-electron chi connectivity index (χ1n) is 23.1. The Kier molecular flexibility index (Phi) is 9.94. The maximum Gasteiger partial charge on any atom is 0.164 e. The first-order valence-corrected chi connectivity index (χ1v) is 23.1. The van der Waals surface area contributed by atoms with Crippen molar-refractivity contribution in [2.75, 3.05) is 0 Å². The second kappa shape index (κ2) is 17.2. The van der Waals surface area contributed by atoms with Gasteiger partial charge in [0, 0.05) is 63.9 Å². The molecular weight excluding hydrogens is 863 g/mol. The van der Waals surface area contributed by atoms with Crippen molar-refractivity contribution >= 4 is 38.8 Å². The molecule has 0 aliphatic heterocycles. The Morgan fingerprint density at radius 3 is 1.10 bits per heavy atom. The van der Waals surface area contributed by atoms with Crippen LogP contribution in [0, 0.1) is 0 Å². The minimum Gasteiger partial charge on any atom is -0.292 e. The van der Waals surface area contributed by atoms with Gasteiger partial charge < -0.3 is 0 Å². The van der Waals surface area contributed by atoms with Gasteiger partial charge in [-0.1, -0.05) is 127 Å². The van der Waals surface area contributed by atoms with Crippen LogP contribution < -0.4 is 0 Å². The van der Waals surface area contributed by atoms with Crippen molar-refractivity contribution in [1.29, 1.82) is 0 Å². The Balaban J connectivity index is 0.913. The molecule has 0 fully saturated rings. The number of para-hydroxylation sites is 6. The molecule has 0 unspecified atom stereocenters. The van der Waals surface area contributed by atoms with Crippen molar-refractivity contribution in [3.8, 4) is 79.7 Å². The third-order valence-electron chi connectivity index (χ3n) is 12.6. The fourth-order valence-electron chi connectivity index (χ4n) is 9.21. The van der Waals surface area contributed by atoms with Gasteiger partial charge >= 0.3 is 0 Å². The molecule has 12 aromatic rings. The van der Waals surface area contributed by atoms with Gasteiger partial charge in [0.25, 0.3) is 0 Å². The average molecular weight is 902 g/mol. The Bertz CT molecular complexity index is 3820. The van der Waals surface area contributed by atoms with Crippen molar-refractivity contribution in [1.82, 2.24) is 53.6 Å². The lowest BCUT2D eigenvalue weighted by molar-refractivity contribution is 1.07. The van der Waals surface area contributed by atoms with Crippen LogP contribution in [0.5, 0.6) is 0 Å². The summed E-state index contributed by atoms with van der Waals surface area (Å²) >= 11 is 0. The Morgan fingerprint density at radius 1 is 0.329 bits per heavy atom. The monoisotopic (exact) mass is 901 g/mol. The van der Waals surface area contributed by atoms with E-state index in [0.717, 1.165) is 107 Å². The van der Waals surface area contributed by atoms with E-state index in [1.165, 1.54) is 0 Å². The minimum atomic E-state index is 0.545. The number of allylic oxidation sites excluding steroid dienone is 6. The van der Waals surface area contributed by atoms with Crippen molar-refractivity contribution in [3.63, 3.8) is 0 Å². The number of fused-ring (bicyclic) bond motifs is 3. The van der Waals surface area contributed by atoms with Crippen LogP contribution >= 0.6 is 0 Å². The molecule has 0 N–H and O–H groups in total.